The lowest BCUT2D eigenvalue weighted by molar-refractivity contribution is 0.861. The first-order valence-corrected chi connectivity index (χ1v) is 4.50. The predicted molar refractivity (Wildman–Crippen MR) is 51.0 cm³/mol. The number of rotatable bonds is 4. The molecule has 0 spiro atoms. The van der Waals surface area contributed by atoms with Crippen molar-refractivity contribution in [1.82, 2.24) is 0 Å². The molecule has 0 saturated heterocycles. The van der Waals surface area contributed by atoms with Crippen molar-refractivity contribution in [2.45, 2.75) is 33.1 Å². The Balaban J connectivity index is 4.00. The highest BCUT2D eigenvalue weighted by Gasteiger charge is 1.96. The van der Waals surface area contributed by atoms with E-state index in [-0.39, 0.29) is 0 Å². The van der Waals surface area contributed by atoms with Crippen LogP contribution < -0.4 is 5.73 Å². The Kier molecular flexibility index (Phi) is 5.96. The molecule has 10 heavy (non-hydrogen) atoms. The van der Waals surface area contributed by atoms with Crippen LogP contribution in [0.15, 0.2) is 10.9 Å². The summed E-state index contributed by atoms with van der Waals surface area (Å²) in [5.41, 5.74) is 6.98. The summed E-state index contributed by atoms with van der Waals surface area (Å²) in [6.45, 7) is 5.07. The first-order chi connectivity index (χ1) is 4.76. The van der Waals surface area contributed by atoms with Crippen LogP contribution >= 0.6 is 9.24 Å². The van der Waals surface area contributed by atoms with Gasteiger partial charge in [0.2, 0.25) is 0 Å². The van der Waals surface area contributed by atoms with Gasteiger partial charge in [-0.15, -0.1) is 9.24 Å². The molecule has 0 saturated carbocycles. The molecule has 1 atom stereocenters. The first kappa shape index (κ1) is 10.1. The molecule has 2 N–H and O–H groups in total. The van der Waals surface area contributed by atoms with Crippen LogP contribution in [0.2, 0.25) is 0 Å². The number of allylic oxidation sites excluding steroid dienone is 1. The zero-order valence-electron chi connectivity index (χ0n) is 6.98. The summed E-state index contributed by atoms with van der Waals surface area (Å²) in [6.07, 6.45) is 3.46. The Morgan fingerprint density at radius 3 is 2.30 bits per heavy atom. The molecular formula is C8H18NP. The van der Waals surface area contributed by atoms with Crippen molar-refractivity contribution in [3.63, 3.8) is 0 Å². The highest BCUT2D eigenvalue weighted by atomic mass is 31.0. The molecule has 1 nitrogen and oxygen atoms in total. The molecule has 0 aromatic carbocycles. The van der Waals surface area contributed by atoms with Gasteiger partial charge in [0.05, 0.1) is 0 Å². The Morgan fingerprint density at radius 2 is 2.00 bits per heavy atom. The third-order valence-electron chi connectivity index (χ3n) is 1.63. The minimum Gasteiger partial charge on any atom is -0.327 e. The van der Waals surface area contributed by atoms with Gasteiger partial charge in [0.1, 0.15) is 0 Å². The molecule has 0 rings (SSSR count). The first-order valence-electron chi connectivity index (χ1n) is 3.92. The lowest BCUT2D eigenvalue weighted by atomic mass is 10.1. The molecular weight excluding hydrogens is 141 g/mol. The third kappa shape index (κ3) is 3.34. The van der Waals surface area contributed by atoms with Crippen LogP contribution in [0, 0.1) is 0 Å². The van der Waals surface area contributed by atoms with E-state index in [4.69, 9.17) is 5.73 Å². The molecule has 0 aliphatic rings. The third-order valence-corrected chi connectivity index (χ3v) is 2.45. The molecule has 0 bridgehead atoms. The van der Waals surface area contributed by atoms with Crippen molar-refractivity contribution < 1.29 is 0 Å². The summed E-state index contributed by atoms with van der Waals surface area (Å²) in [5, 5.41) is 1.39. The van der Waals surface area contributed by atoms with E-state index in [2.05, 4.69) is 23.1 Å². The zero-order valence-corrected chi connectivity index (χ0v) is 8.14. The van der Waals surface area contributed by atoms with E-state index in [0.29, 0.717) is 0 Å². The van der Waals surface area contributed by atoms with Gasteiger partial charge in [0, 0.05) is 6.54 Å². The van der Waals surface area contributed by atoms with Gasteiger partial charge in [0.25, 0.3) is 0 Å². The van der Waals surface area contributed by atoms with Gasteiger partial charge >= 0.3 is 0 Å². The molecule has 60 valence electrons. The average molecular weight is 159 g/mol. The van der Waals surface area contributed by atoms with E-state index < -0.39 is 0 Å². The summed E-state index contributed by atoms with van der Waals surface area (Å²) in [5.74, 6) is 0. The molecule has 0 aliphatic heterocycles. The maximum absolute atomic E-state index is 5.56. The smallest absolute Gasteiger partial charge is 0.0142 e. The standard InChI is InChI=1S/C8H18NP/c1-3-5-7(6-9)8(10)4-2/h3-6,9-10H2,1-2H3/b8-7-. The van der Waals surface area contributed by atoms with Crippen LogP contribution in [0.1, 0.15) is 33.1 Å². The lowest BCUT2D eigenvalue weighted by Gasteiger charge is -2.06. The maximum atomic E-state index is 5.56. The van der Waals surface area contributed by atoms with Gasteiger partial charge in [-0.05, 0) is 12.8 Å². The van der Waals surface area contributed by atoms with Gasteiger partial charge < -0.3 is 5.73 Å². The minimum absolute atomic E-state index is 0.723. The largest absolute Gasteiger partial charge is 0.327 e. The predicted octanol–water partition coefficient (Wildman–Crippen LogP) is 2.28. The van der Waals surface area contributed by atoms with Crippen LogP contribution in [0.5, 0.6) is 0 Å². The minimum atomic E-state index is 0.723. The monoisotopic (exact) mass is 159 g/mol. The van der Waals surface area contributed by atoms with Crippen LogP contribution in [-0.4, -0.2) is 6.54 Å². The van der Waals surface area contributed by atoms with Crippen molar-refractivity contribution >= 4 is 9.24 Å². The number of hydrogen-bond acceptors (Lipinski definition) is 1. The molecule has 0 aromatic heterocycles. The van der Waals surface area contributed by atoms with Gasteiger partial charge in [-0.1, -0.05) is 31.2 Å². The van der Waals surface area contributed by atoms with E-state index in [9.17, 15) is 0 Å². The molecule has 0 fully saturated rings. The Morgan fingerprint density at radius 1 is 1.40 bits per heavy atom. The molecule has 0 heterocycles. The van der Waals surface area contributed by atoms with E-state index in [0.717, 1.165) is 19.4 Å². The number of nitrogens with two attached hydrogens (primary N) is 1. The van der Waals surface area contributed by atoms with Crippen molar-refractivity contribution in [2.75, 3.05) is 6.54 Å². The van der Waals surface area contributed by atoms with Gasteiger partial charge in [-0.25, -0.2) is 0 Å². The second kappa shape index (κ2) is 5.88. The summed E-state index contributed by atoms with van der Waals surface area (Å²) >= 11 is 0. The molecule has 0 aromatic rings. The van der Waals surface area contributed by atoms with E-state index >= 15 is 0 Å². The highest BCUT2D eigenvalue weighted by molar-refractivity contribution is 7.22. The fraction of sp³-hybridized carbons (Fsp3) is 0.750. The summed E-state index contributed by atoms with van der Waals surface area (Å²) < 4.78 is 0. The molecule has 0 radical (unpaired) electrons. The lowest BCUT2D eigenvalue weighted by Crippen LogP contribution is -2.04. The van der Waals surface area contributed by atoms with Crippen LogP contribution in [-0.2, 0) is 0 Å². The molecule has 2 heteroatoms. The Bertz CT molecular complexity index is 118. The summed E-state index contributed by atoms with van der Waals surface area (Å²) in [4.78, 5) is 0. The molecule has 0 amide bonds. The topological polar surface area (TPSA) is 26.0 Å². The normalized spacial score (nSPS) is 13.2. The van der Waals surface area contributed by atoms with Crippen LogP contribution in [0.3, 0.4) is 0 Å². The number of hydrogen-bond donors (Lipinski definition) is 1. The van der Waals surface area contributed by atoms with Crippen molar-refractivity contribution in [3.8, 4) is 0 Å². The highest BCUT2D eigenvalue weighted by Crippen LogP contribution is 2.18. The summed E-state index contributed by atoms with van der Waals surface area (Å²) in [7, 11) is 2.77. The maximum Gasteiger partial charge on any atom is 0.0142 e. The Hall–Kier alpha value is 0.130. The van der Waals surface area contributed by atoms with Crippen molar-refractivity contribution in [2.24, 2.45) is 5.73 Å². The van der Waals surface area contributed by atoms with E-state index in [1.165, 1.54) is 17.3 Å². The molecule has 1 unspecified atom stereocenters. The summed E-state index contributed by atoms with van der Waals surface area (Å²) in [6, 6.07) is 0. The quantitative estimate of drug-likeness (QED) is 0.626. The second-order valence-corrected chi connectivity index (χ2v) is 3.13. The van der Waals surface area contributed by atoms with Crippen molar-refractivity contribution in [3.05, 3.63) is 10.9 Å². The fourth-order valence-corrected chi connectivity index (χ4v) is 1.21. The van der Waals surface area contributed by atoms with Crippen LogP contribution in [0.4, 0.5) is 0 Å². The zero-order chi connectivity index (χ0) is 7.98. The SMILES string of the molecule is CCC/C(CN)=C(/P)CC. The van der Waals surface area contributed by atoms with Gasteiger partial charge in [0.15, 0.2) is 0 Å². The van der Waals surface area contributed by atoms with E-state index in [1.807, 2.05) is 0 Å². The fourth-order valence-electron chi connectivity index (χ4n) is 0.945. The van der Waals surface area contributed by atoms with Gasteiger partial charge in [-0.3, -0.25) is 0 Å². The van der Waals surface area contributed by atoms with Gasteiger partial charge in [-0.2, -0.15) is 0 Å². The van der Waals surface area contributed by atoms with Crippen LogP contribution in [0.25, 0.3) is 0 Å². The van der Waals surface area contributed by atoms with E-state index in [1.54, 1.807) is 0 Å². The Labute approximate surface area is 66.3 Å². The van der Waals surface area contributed by atoms with Crippen molar-refractivity contribution in [1.29, 1.82) is 0 Å². The molecule has 0 aliphatic carbocycles. The second-order valence-electron chi connectivity index (χ2n) is 2.44. The average Bonchev–Trinajstić information content (AvgIpc) is 1.99.